The zero-order chi connectivity index (χ0) is 15.6. The number of aliphatic hydroxyl groups is 1. The zero-order valence-corrected chi connectivity index (χ0v) is 12.5. The molecule has 0 spiro atoms. The standard InChI is InChI=1S/C15H19N5O2/c1-2-3-6-16-14-13(11-21)20-12(10-19-14)5-4-7-17-15-18-8-9-22-15/h8-10,21H,2-3,6-7,11H2,1H3,(H,16,19)(H,17,18). The van der Waals surface area contributed by atoms with Crippen LogP contribution in [-0.2, 0) is 6.61 Å². The number of hydrogen-bond donors (Lipinski definition) is 3. The third-order valence-electron chi connectivity index (χ3n) is 2.79. The molecule has 0 aliphatic heterocycles. The molecule has 0 amide bonds. The summed E-state index contributed by atoms with van der Waals surface area (Å²) in [5.41, 5.74) is 1.02. The largest absolute Gasteiger partial charge is 0.432 e. The lowest BCUT2D eigenvalue weighted by Crippen LogP contribution is -2.08. The van der Waals surface area contributed by atoms with E-state index in [0.29, 0.717) is 29.8 Å². The lowest BCUT2D eigenvalue weighted by atomic mass is 10.3. The van der Waals surface area contributed by atoms with Crippen molar-refractivity contribution in [2.75, 3.05) is 23.7 Å². The Morgan fingerprint density at radius 3 is 2.95 bits per heavy atom. The van der Waals surface area contributed by atoms with Crippen molar-refractivity contribution < 1.29 is 9.52 Å². The van der Waals surface area contributed by atoms with Crippen LogP contribution >= 0.6 is 0 Å². The van der Waals surface area contributed by atoms with Gasteiger partial charge in [-0.3, -0.25) is 0 Å². The fraction of sp³-hybridized carbons (Fsp3) is 0.400. The summed E-state index contributed by atoms with van der Waals surface area (Å²) in [4.78, 5) is 12.5. The van der Waals surface area contributed by atoms with Gasteiger partial charge in [-0.25, -0.2) is 15.0 Å². The van der Waals surface area contributed by atoms with Gasteiger partial charge in [0.15, 0.2) is 0 Å². The fourth-order valence-corrected chi connectivity index (χ4v) is 1.69. The maximum atomic E-state index is 9.37. The highest BCUT2D eigenvalue weighted by Crippen LogP contribution is 2.10. The number of anilines is 2. The van der Waals surface area contributed by atoms with Gasteiger partial charge in [0.05, 0.1) is 25.5 Å². The highest BCUT2D eigenvalue weighted by atomic mass is 16.4. The van der Waals surface area contributed by atoms with Crippen molar-refractivity contribution in [2.45, 2.75) is 26.4 Å². The number of oxazole rings is 1. The molecule has 0 aliphatic carbocycles. The van der Waals surface area contributed by atoms with Crippen molar-refractivity contribution in [1.82, 2.24) is 15.0 Å². The maximum absolute atomic E-state index is 9.37. The first-order valence-corrected chi connectivity index (χ1v) is 7.16. The van der Waals surface area contributed by atoms with Gasteiger partial charge in [0.25, 0.3) is 6.01 Å². The van der Waals surface area contributed by atoms with Crippen LogP contribution < -0.4 is 10.6 Å². The molecule has 2 aromatic rings. The molecule has 0 aliphatic rings. The first-order valence-electron chi connectivity index (χ1n) is 7.16. The van der Waals surface area contributed by atoms with Gasteiger partial charge in [-0.15, -0.1) is 0 Å². The van der Waals surface area contributed by atoms with Crippen molar-refractivity contribution in [3.8, 4) is 11.8 Å². The molecule has 0 radical (unpaired) electrons. The third kappa shape index (κ3) is 4.75. The normalized spacial score (nSPS) is 9.91. The molecule has 2 heterocycles. The van der Waals surface area contributed by atoms with Crippen LogP contribution in [0.5, 0.6) is 0 Å². The Hall–Kier alpha value is -2.59. The molecule has 116 valence electrons. The lowest BCUT2D eigenvalue weighted by Gasteiger charge is -2.08. The highest BCUT2D eigenvalue weighted by molar-refractivity contribution is 5.42. The Labute approximate surface area is 129 Å². The zero-order valence-electron chi connectivity index (χ0n) is 12.5. The molecule has 0 fully saturated rings. The van der Waals surface area contributed by atoms with Crippen LogP contribution in [0.15, 0.2) is 23.1 Å². The van der Waals surface area contributed by atoms with E-state index in [4.69, 9.17) is 4.42 Å². The number of rotatable bonds is 7. The predicted molar refractivity (Wildman–Crippen MR) is 83.2 cm³/mol. The van der Waals surface area contributed by atoms with Crippen molar-refractivity contribution in [3.63, 3.8) is 0 Å². The molecule has 0 saturated carbocycles. The summed E-state index contributed by atoms with van der Waals surface area (Å²) in [5, 5.41) is 15.4. The van der Waals surface area contributed by atoms with E-state index in [1.165, 1.54) is 6.26 Å². The molecule has 0 atom stereocenters. The molecule has 0 aromatic carbocycles. The molecule has 0 saturated heterocycles. The van der Waals surface area contributed by atoms with Crippen LogP contribution in [0.25, 0.3) is 0 Å². The van der Waals surface area contributed by atoms with Gasteiger partial charge in [-0.1, -0.05) is 19.3 Å². The molecule has 3 N–H and O–H groups in total. The summed E-state index contributed by atoms with van der Waals surface area (Å²) in [6.07, 6.45) is 6.76. The smallest absolute Gasteiger partial charge is 0.295 e. The van der Waals surface area contributed by atoms with Gasteiger partial charge in [0, 0.05) is 6.54 Å². The van der Waals surface area contributed by atoms with E-state index in [0.717, 1.165) is 19.4 Å². The Kier molecular flexibility index (Phi) is 6.20. The third-order valence-corrected chi connectivity index (χ3v) is 2.79. The number of unbranched alkanes of at least 4 members (excludes halogenated alkanes) is 1. The average Bonchev–Trinajstić information content (AvgIpc) is 3.06. The summed E-state index contributed by atoms with van der Waals surface area (Å²) in [7, 11) is 0. The predicted octanol–water partition coefficient (Wildman–Crippen LogP) is 1.63. The summed E-state index contributed by atoms with van der Waals surface area (Å²) < 4.78 is 5.03. The monoisotopic (exact) mass is 301 g/mol. The highest BCUT2D eigenvalue weighted by Gasteiger charge is 2.05. The molecule has 0 bridgehead atoms. The second-order valence-corrected chi connectivity index (χ2v) is 4.48. The lowest BCUT2D eigenvalue weighted by molar-refractivity contribution is 0.277. The van der Waals surface area contributed by atoms with E-state index >= 15 is 0 Å². The first kappa shape index (κ1) is 15.8. The number of nitrogens with zero attached hydrogens (tertiary/aromatic N) is 3. The van der Waals surface area contributed by atoms with E-state index < -0.39 is 0 Å². The molecule has 22 heavy (non-hydrogen) atoms. The molecular formula is C15H19N5O2. The minimum Gasteiger partial charge on any atom is -0.432 e. The molecular weight excluding hydrogens is 282 g/mol. The SMILES string of the molecule is CCCCNc1ncc(C#CCNc2ncco2)nc1CO. The second-order valence-electron chi connectivity index (χ2n) is 4.48. The Morgan fingerprint density at radius 2 is 2.23 bits per heavy atom. The van der Waals surface area contributed by atoms with Crippen LogP contribution in [0, 0.1) is 11.8 Å². The van der Waals surface area contributed by atoms with Crippen molar-refractivity contribution in [3.05, 3.63) is 30.0 Å². The number of aliphatic hydroxyl groups excluding tert-OH is 1. The summed E-state index contributed by atoms with van der Waals surface area (Å²) in [5.74, 6) is 6.39. The number of nitrogens with one attached hydrogen (secondary N) is 2. The van der Waals surface area contributed by atoms with E-state index in [-0.39, 0.29) is 6.61 Å². The van der Waals surface area contributed by atoms with Gasteiger partial charge in [-0.05, 0) is 12.3 Å². The van der Waals surface area contributed by atoms with Crippen LogP contribution in [0.2, 0.25) is 0 Å². The van der Waals surface area contributed by atoms with Gasteiger partial charge >= 0.3 is 0 Å². The van der Waals surface area contributed by atoms with Gasteiger partial charge in [0.1, 0.15) is 23.5 Å². The topological polar surface area (TPSA) is 96.1 Å². The van der Waals surface area contributed by atoms with E-state index in [9.17, 15) is 5.11 Å². The van der Waals surface area contributed by atoms with Gasteiger partial charge in [-0.2, -0.15) is 0 Å². The average molecular weight is 301 g/mol. The maximum Gasteiger partial charge on any atom is 0.295 e. The van der Waals surface area contributed by atoms with Crippen molar-refractivity contribution >= 4 is 11.8 Å². The Balaban J connectivity index is 1.94. The summed E-state index contributed by atoms with van der Waals surface area (Å²) >= 11 is 0. The number of hydrogen-bond acceptors (Lipinski definition) is 7. The molecule has 7 nitrogen and oxygen atoms in total. The van der Waals surface area contributed by atoms with Crippen LogP contribution in [-0.4, -0.2) is 33.1 Å². The molecule has 7 heteroatoms. The van der Waals surface area contributed by atoms with Crippen LogP contribution in [0.4, 0.5) is 11.8 Å². The van der Waals surface area contributed by atoms with Gasteiger partial charge < -0.3 is 20.2 Å². The summed E-state index contributed by atoms with van der Waals surface area (Å²) in [6, 6.07) is 0.423. The Morgan fingerprint density at radius 1 is 1.32 bits per heavy atom. The van der Waals surface area contributed by atoms with Crippen LogP contribution in [0.3, 0.4) is 0 Å². The second kappa shape index (κ2) is 8.64. The van der Waals surface area contributed by atoms with E-state index in [2.05, 4.69) is 44.4 Å². The molecule has 2 aromatic heterocycles. The molecule has 0 unspecified atom stereocenters. The van der Waals surface area contributed by atoms with Gasteiger partial charge in [0.2, 0.25) is 0 Å². The first-order chi connectivity index (χ1) is 10.8. The minimum atomic E-state index is -0.175. The van der Waals surface area contributed by atoms with E-state index in [1.54, 1.807) is 12.4 Å². The quantitative estimate of drug-likeness (QED) is 0.528. The Bertz CT molecular complexity index is 631. The van der Waals surface area contributed by atoms with E-state index in [1.807, 2.05) is 0 Å². The van der Waals surface area contributed by atoms with Crippen LogP contribution in [0.1, 0.15) is 31.2 Å². The van der Waals surface area contributed by atoms with Crippen molar-refractivity contribution in [1.29, 1.82) is 0 Å². The fourth-order valence-electron chi connectivity index (χ4n) is 1.69. The summed E-state index contributed by atoms with van der Waals surface area (Å²) in [6.45, 7) is 3.13. The van der Waals surface area contributed by atoms with Crippen molar-refractivity contribution in [2.24, 2.45) is 0 Å². The minimum absolute atomic E-state index is 0.175. The molecule has 2 rings (SSSR count). The number of aromatic nitrogens is 3.